The molecule has 0 aliphatic heterocycles. The van der Waals surface area contributed by atoms with Gasteiger partial charge in [0.05, 0.1) is 25.4 Å². The van der Waals surface area contributed by atoms with E-state index >= 15 is 0 Å². The third-order valence-corrected chi connectivity index (χ3v) is 6.78. The van der Waals surface area contributed by atoms with E-state index in [9.17, 15) is 41.7 Å². The lowest BCUT2D eigenvalue weighted by molar-refractivity contribution is -0.306. The molecule has 0 spiro atoms. The standard InChI is InChI=1S/C28H36F6O4/c1-3-18-7-5-8-19(24(18)13-14-25(37)26(27(29,30)31)28(32,33)34)9-6-10-22(4-2)38-23-12-11-20(16-35)21(15-23)17-36/h5,7-8,11-12,15,22,25-26,35-37H,3-4,6,9-10,13-14,16-17H2,1-2H3. The van der Waals surface area contributed by atoms with Gasteiger partial charge in [0.15, 0.2) is 5.92 Å². The summed E-state index contributed by atoms with van der Waals surface area (Å²) >= 11 is 0. The van der Waals surface area contributed by atoms with Gasteiger partial charge in [-0.05, 0) is 84.9 Å². The Balaban J connectivity index is 2.08. The first kappa shape index (κ1) is 31.9. The highest BCUT2D eigenvalue weighted by Crippen LogP contribution is 2.42. The zero-order valence-electron chi connectivity index (χ0n) is 21.6. The molecule has 0 amide bonds. The van der Waals surface area contributed by atoms with Gasteiger partial charge >= 0.3 is 12.4 Å². The molecule has 38 heavy (non-hydrogen) atoms. The van der Waals surface area contributed by atoms with Crippen molar-refractivity contribution in [3.63, 3.8) is 0 Å². The number of hydrogen-bond acceptors (Lipinski definition) is 4. The molecule has 2 atom stereocenters. The number of aliphatic hydroxyl groups is 3. The molecular formula is C28H36F6O4. The monoisotopic (exact) mass is 550 g/mol. The minimum atomic E-state index is -5.59. The second-order valence-corrected chi connectivity index (χ2v) is 9.36. The minimum Gasteiger partial charge on any atom is -0.490 e. The first-order valence-electron chi connectivity index (χ1n) is 12.8. The van der Waals surface area contributed by atoms with E-state index in [1.54, 1.807) is 24.3 Å². The van der Waals surface area contributed by atoms with E-state index in [-0.39, 0.29) is 25.7 Å². The van der Waals surface area contributed by atoms with Crippen molar-refractivity contribution >= 4 is 0 Å². The molecule has 0 saturated heterocycles. The maximum atomic E-state index is 13.0. The second kappa shape index (κ2) is 14.2. The van der Waals surface area contributed by atoms with Crippen LogP contribution in [0, 0.1) is 5.92 Å². The van der Waals surface area contributed by atoms with Crippen LogP contribution < -0.4 is 4.74 Å². The summed E-state index contributed by atoms with van der Waals surface area (Å²) in [7, 11) is 0. The molecule has 2 aromatic carbocycles. The summed E-state index contributed by atoms with van der Waals surface area (Å²) in [5.74, 6) is -3.22. The highest BCUT2D eigenvalue weighted by Gasteiger charge is 2.59. The normalized spacial score (nSPS) is 14.1. The number of benzene rings is 2. The summed E-state index contributed by atoms with van der Waals surface area (Å²) in [6.45, 7) is 3.39. The van der Waals surface area contributed by atoms with E-state index in [2.05, 4.69) is 0 Å². The average molecular weight is 551 g/mol. The van der Waals surface area contributed by atoms with Gasteiger partial charge in [-0.3, -0.25) is 0 Å². The molecule has 0 aromatic heterocycles. The zero-order chi connectivity index (χ0) is 28.5. The number of alkyl halides is 6. The third kappa shape index (κ3) is 8.88. The highest BCUT2D eigenvalue weighted by molar-refractivity contribution is 5.36. The summed E-state index contributed by atoms with van der Waals surface area (Å²) in [5.41, 5.74) is 3.52. The minimum absolute atomic E-state index is 0.0992. The lowest BCUT2D eigenvalue weighted by Gasteiger charge is -2.27. The Hall–Kier alpha value is -2.30. The van der Waals surface area contributed by atoms with Crippen LogP contribution in [-0.4, -0.2) is 39.9 Å². The molecule has 2 unspecified atom stereocenters. The second-order valence-electron chi connectivity index (χ2n) is 9.36. The first-order chi connectivity index (χ1) is 17.8. The van der Waals surface area contributed by atoms with Gasteiger partial charge in [0.25, 0.3) is 0 Å². The van der Waals surface area contributed by atoms with Crippen molar-refractivity contribution in [3.05, 3.63) is 64.2 Å². The maximum Gasteiger partial charge on any atom is 0.403 e. The Kier molecular flexibility index (Phi) is 11.9. The molecule has 0 aliphatic carbocycles. The predicted molar refractivity (Wildman–Crippen MR) is 132 cm³/mol. The fraction of sp³-hybridized carbons (Fsp3) is 0.571. The predicted octanol–water partition coefficient (Wildman–Crippen LogP) is 6.45. The summed E-state index contributed by atoms with van der Waals surface area (Å²) < 4.78 is 84.1. The molecule has 0 radical (unpaired) electrons. The Morgan fingerprint density at radius 3 is 1.97 bits per heavy atom. The van der Waals surface area contributed by atoms with Crippen LogP contribution in [0.2, 0.25) is 0 Å². The number of halogens is 6. The molecule has 0 saturated carbocycles. The summed E-state index contributed by atoms with van der Waals surface area (Å²) in [6.07, 6.45) is -11.6. The van der Waals surface area contributed by atoms with Crippen LogP contribution in [0.3, 0.4) is 0 Å². The lowest BCUT2D eigenvalue weighted by Crippen LogP contribution is -2.45. The van der Waals surface area contributed by atoms with Gasteiger partial charge in [0.1, 0.15) is 5.75 Å². The molecule has 3 N–H and O–H groups in total. The zero-order valence-corrected chi connectivity index (χ0v) is 21.6. The third-order valence-electron chi connectivity index (χ3n) is 6.78. The van der Waals surface area contributed by atoms with E-state index in [1.807, 2.05) is 26.0 Å². The smallest absolute Gasteiger partial charge is 0.403 e. The number of aryl methyl sites for hydroxylation is 2. The van der Waals surface area contributed by atoms with Gasteiger partial charge in [0, 0.05) is 0 Å². The Morgan fingerprint density at radius 2 is 1.42 bits per heavy atom. The van der Waals surface area contributed by atoms with Crippen LogP contribution in [0.4, 0.5) is 26.3 Å². The summed E-state index contributed by atoms with van der Waals surface area (Å²) in [6, 6.07) is 10.5. The van der Waals surface area contributed by atoms with Gasteiger partial charge in [-0.2, -0.15) is 26.3 Å². The molecule has 214 valence electrons. The maximum absolute atomic E-state index is 13.0. The molecule has 2 aromatic rings. The van der Waals surface area contributed by atoms with Crippen LogP contribution >= 0.6 is 0 Å². The van der Waals surface area contributed by atoms with Crippen molar-refractivity contribution in [2.24, 2.45) is 5.92 Å². The number of rotatable bonds is 14. The van der Waals surface area contributed by atoms with Crippen molar-refractivity contribution in [2.75, 3.05) is 0 Å². The quantitative estimate of drug-likeness (QED) is 0.237. The number of ether oxygens (including phenoxy) is 1. The average Bonchev–Trinajstić information content (AvgIpc) is 2.85. The van der Waals surface area contributed by atoms with Gasteiger partial charge in [-0.15, -0.1) is 0 Å². The Morgan fingerprint density at radius 1 is 0.789 bits per heavy atom. The molecule has 2 rings (SSSR count). The largest absolute Gasteiger partial charge is 0.490 e. The van der Waals surface area contributed by atoms with Crippen LogP contribution in [-0.2, 0) is 32.5 Å². The van der Waals surface area contributed by atoms with Crippen LogP contribution in [0.1, 0.15) is 67.3 Å². The number of hydrogen-bond donors (Lipinski definition) is 3. The van der Waals surface area contributed by atoms with Crippen molar-refractivity contribution < 1.29 is 46.4 Å². The molecule has 0 aliphatic rings. The molecular weight excluding hydrogens is 514 g/mol. The van der Waals surface area contributed by atoms with Crippen LogP contribution in [0.25, 0.3) is 0 Å². The van der Waals surface area contributed by atoms with Crippen molar-refractivity contribution in [1.82, 2.24) is 0 Å². The summed E-state index contributed by atoms with van der Waals surface area (Å²) in [5, 5.41) is 28.8. The summed E-state index contributed by atoms with van der Waals surface area (Å²) in [4.78, 5) is 0. The SMILES string of the molecule is CCc1cccc(CCCC(CC)Oc2ccc(CO)c(CO)c2)c1CCC(O)C(C(F)(F)F)C(F)(F)F. The van der Waals surface area contributed by atoms with Crippen molar-refractivity contribution in [2.45, 2.75) is 96.6 Å². The van der Waals surface area contributed by atoms with Crippen LogP contribution in [0.15, 0.2) is 36.4 Å². The fourth-order valence-electron chi connectivity index (χ4n) is 4.69. The fourth-order valence-corrected chi connectivity index (χ4v) is 4.69. The van der Waals surface area contributed by atoms with Gasteiger partial charge in [0.2, 0.25) is 0 Å². The molecule has 0 heterocycles. The van der Waals surface area contributed by atoms with E-state index in [1.165, 1.54) is 0 Å². The molecule has 4 nitrogen and oxygen atoms in total. The van der Waals surface area contributed by atoms with Gasteiger partial charge < -0.3 is 20.1 Å². The molecule has 10 heteroatoms. The van der Waals surface area contributed by atoms with E-state index in [0.717, 1.165) is 11.1 Å². The Labute approximate surface area is 219 Å². The molecule has 0 fully saturated rings. The number of aliphatic hydroxyl groups excluding tert-OH is 3. The highest BCUT2D eigenvalue weighted by atomic mass is 19.4. The van der Waals surface area contributed by atoms with Crippen LogP contribution in [0.5, 0.6) is 5.75 Å². The Bertz CT molecular complexity index is 992. The van der Waals surface area contributed by atoms with Gasteiger partial charge in [-0.25, -0.2) is 0 Å². The first-order valence-corrected chi connectivity index (χ1v) is 12.8. The van der Waals surface area contributed by atoms with Crippen molar-refractivity contribution in [1.29, 1.82) is 0 Å². The van der Waals surface area contributed by atoms with E-state index in [0.29, 0.717) is 54.5 Å². The van der Waals surface area contributed by atoms with E-state index < -0.39 is 30.8 Å². The topological polar surface area (TPSA) is 69.9 Å². The molecule has 0 bridgehead atoms. The van der Waals surface area contributed by atoms with Gasteiger partial charge in [-0.1, -0.05) is 38.1 Å². The lowest BCUT2D eigenvalue weighted by atomic mass is 9.89. The van der Waals surface area contributed by atoms with Crippen molar-refractivity contribution in [3.8, 4) is 5.75 Å². The van der Waals surface area contributed by atoms with E-state index in [4.69, 9.17) is 4.74 Å².